The molecular formula is C19H16ClN3O3. The van der Waals surface area contributed by atoms with Crippen LogP contribution in [0.4, 0.5) is 5.69 Å². The van der Waals surface area contributed by atoms with Crippen LogP contribution in [-0.4, -0.2) is 22.8 Å². The van der Waals surface area contributed by atoms with Crippen molar-refractivity contribution in [1.29, 1.82) is 0 Å². The normalized spacial score (nSPS) is 10.4. The van der Waals surface area contributed by atoms with Crippen LogP contribution < -0.4 is 15.6 Å². The number of ether oxygens (including phenoxy) is 1. The molecule has 1 aromatic heterocycles. The van der Waals surface area contributed by atoms with Gasteiger partial charge in [0.25, 0.3) is 5.56 Å². The maximum Gasteiger partial charge on any atom is 0.267 e. The lowest BCUT2D eigenvalue weighted by Crippen LogP contribution is -2.29. The molecule has 0 aliphatic rings. The fraction of sp³-hybridized carbons (Fsp3) is 0.105. The predicted molar refractivity (Wildman–Crippen MR) is 101 cm³/mol. The Bertz CT molecular complexity index is 984. The minimum atomic E-state index is -0.367. The summed E-state index contributed by atoms with van der Waals surface area (Å²) >= 11 is 5.90. The predicted octanol–water partition coefficient (Wildman–Crippen LogP) is 3.21. The fourth-order valence-corrected chi connectivity index (χ4v) is 2.57. The number of benzene rings is 2. The Morgan fingerprint density at radius 3 is 2.62 bits per heavy atom. The van der Waals surface area contributed by atoms with Crippen LogP contribution in [-0.2, 0) is 11.3 Å². The maximum atomic E-state index is 12.2. The third-order valence-electron chi connectivity index (χ3n) is 3.65. The second kappa shape index (κ2) is 7.84. The van der Waals surface area contributed by atoms with E-state index in [1.54, 1.807) is 49.6 Å². The number of hydrogen-bond acceptors (Lipinski definition) is 4. The number of methoxy groups -OCH3 is 1. The number of carbonyl (C=O) groups excluding carboxylic acids is 1. The zero-order valence-electron chi connectivity index (χ0n) is 14.0. The van der Waals surface area contributed by atoms with Crippen LogP contribution in [0.5, 0.6) is 5.75 Å². The molecule has 0 unspecified atom stereocenters. The van der Waals surface area contributed by atoms with E-state index in [2.05, 4.69) is 10.4 Å². The number of anilines is 1. The standard InChI is InChI=1S/C19H16ClN3O3/c1-26-16-7-5-13(6-8-16)17-9-10-19(25)23(22-17)12-18(24)21-15-4-2-3-14(20)11-15/h2-11H,12H2,1H3,(H,21,24). The lowest BCUT2D eigenvalue weighted by Gasteiger charge is -2.09. The molecule has 0 bridgehead atoms. The minimum Gasteiger partial charge on any atom is -0.497 e. The molecule has 132 valence electrons. The summed E-state index contributed by atoms with van der Waals surface area (Å²) in [6, 6.07) is 17.1. The summed E-state index contributed by atoms with van der Waals surface area (Å²) in [5, 5.41) is 7.48. The van der Waals surface area contributed by atoms with Gasteiger partial charge in [-0.25, -0.2) is 4.68 Å². The van der Waals surface area contributed by atoms with E-state index >= 15 is 0 Å². The van der Waals surface area contributed by atoms with E-state index in [4.69, 9.17) is 16.3 Å². The van der Waals surface area contributed by atoms with Gasteiger partial charge in [0, 0.05) is 22.3 Å². The van der Waals surface area contributed by atoms with Gasteiger partial charge in [-0.2, -0.15) is 5.10 Å². The van der Waals surface area contributed by atoms with Gasteiger partial charge in [0.1, 0.15) is 12.3 Å². The van der Waals surface area contributed by atoms with Crippen LogP contribution >= 0.6 is 11.6 Å². The van der Waals surface area contributed by atoms with Crippen molar-refractivity contribution in [2.24, 2.45) is 0 Å². The van der Waals surface area contributed by atoms with Crippen molar-refractivity contribution >= 4 is 23.2 Å². The highest BCUT2D eigenvalue weighted by Gasteiger charge is 2.09. The quantitative estimate of drug-likeness (QED) is 0.749. The van der Waals surface area contributed by atoms with E-state index in [1.165, 1.54) is 6.07 Å². The van der Waals surface area contributed by atoms with Gasteiger partial charge < -0.3 is 10.1 Å². The summed E-state index contributed by atoms with van der Waals surface area (Å²) < 4.78 is 6.25. The topological polar surface area (TPSA) is 73.2 Å². The minimum absolute atomic E-state index is 0.199. The van der Waals surface area contributed by atoms with Crippen molar-refractivity contribution in [3.8, 4) is 17.0 Å². The van der Waals surface area contributed by atoms with Crippen LogP contribution in [0, 0.1) is 0 Å². The molecule has 2 aromatic carbocycles. The number of hydrogen-bond donors (Lipinski definition) is 1. The molecule has 0 aliphatic heterocycles. The molecule has 0 saturated heterocycles. The first-order valence-electron chi connectivity index (χ1n) is 7.83. The average molecular weight is 370 g/mol. The van der Waals surface area contributed by atoms with Gasteiger partial charge in [-0.05, 0) is 48.5 Å². The number of carbonyl (C=O) groups is 1. The van der Waals surface area contributed by atoms with Crippen molar-refractivity contribution < 1.29 is 9.53 Å². The molecule has 0 saturated carbocycles. The van der Waals surface area contributed by atoms with Gasteiger partial charge >= 0.3 is 0 Å². The summed E-state index contributed by atoms with van der Waals surface area (Å²) in [6.07, 6.45) is 0. The third-order valence-corrected chi connectivity index (χ3v) is 3.89. The molecule has 0 radical (unpaired) electrons. The van der Waals surface area contributed by atoms with E-state index < -0.39 is 0 Å². The Balaban J connectivity index is 1.79. The molecule has 3 aromatic rings. The van der Waals surface area contributed by atoms with Gasteiger partial charge in [0.05, 0.1) is 12.8 Å². The molecule has 6 nitrogen and oxygen atoms in total. The molecule has 7 heteroatoms. The van der Waals surface area contributed by atoms with E-state index in [1.807, 2.05) is 12.1 Å². The molecule has 1 heterocycles. The van der Waals surface area contributed by atoms with E-state index in [-0.39, 0.29) is 18.0 Å². The average Bonchev–Trinajstić information content (AvgIpc) is 2.63. The number of aromatic nitrogens is 2. The van der Waals surface area contributed by atoms with E-state index in [9.17, 15) is 9.59 Å². The van der Waals surface area contributed by atoms with Crippen molar-refractivity contribution in [1.82, 2.24) is 9.78 Å². The van der Waals surface area contributed by atoms with Gasteiger partial charge in [-0.1, -0.05) is 17.7 Å². The largest absolute Gasteiger partial charge is 0.497 e. The number of amides is 1. The summed E-state index contributed by atoms with van der Waals surface area (Å²) in [5.74, 6) is 0.358. The highest BCUT2D eigenvalue weighted by molar-refractivity contribution is 6.30. The first kappa shape index (κ1) is 17.7. The first-order valence-corrected chi connectivity index (χ1v) is 8.21. The smallest absolute Gasteiger partial charge is 0.267 e. The molecule has 0 aliphatic carbocycles. The Morgan fingerprint density at radius 2 is 1.92 bits per heavy atom. The highest BCUT2D eigenvalue weighted by Crippen LogP contribution is 2.19. The Hall–Kier alpha value is -3.12. The molecular weight excluding hydrogens is 354 g/mol. The molecule has 1 N–H and O–H groups in total. The van der Waals surface area contributed by atoms with Crippen LogP contribution in [0.25, 0.3) is 11.3 Å². The van der Waals surface area contributed by atoms with Crippen LogP contribution in [0.1, 0.15) is 0 Å². The fourth-order valence-electron chi connectivity index (χ4n) is 2.38. The molecule has 0 spiro atoms. The number of nitrogens with zero attached hydrogens (tertiary/aromatic N) is 2. The third kappa shape index (κ3) is 4.29. The number of rotatable bonds is 5. The zero-order chi connectivity index (χ0) is 18.5. The van der Waals surface area contributed by atoms with Crippen molar-refractivity contribution in [3.63, 3.8) is 0 Å². The Kier molecular flexibility index (Phi) is 5.34. The van der Waals surface area contributed by atoms with Crippen LogP contribution in [0.2, 0.25) is 5.02 Å². The van der Waals surface area contributed by atoms with Crippen LogP contribution in [0.15, 0.2) is 65.5 Å². The molecule has 0 atom stereocenters. The second-order valence-electron chi connectivity index (χ2n) is 5.50. The summed E-state index contributed by atoms with van der Waals surface area (Å²) in [6.45, 7) is -0.199. The Labute approximate surface area is 155 Å². The lowest BCUT2D eigenvalue weighted by molar-refractivity contribution is -0.117. The molecule has 1 amide bonds. The van der Waals surface area contributed by atoms with Crippen LogP contribution in [0.3, 0.4) is 0 Å². The Morgan fingerprint density at radius 1 is 1.15 bits per heavy atom. The molecule has 26 heavy (non-hydrogen) atoms. The van der Waals surface area contributed by atoms with Crippen molar-refractivity contribution in [2.75, 3.05) is 12.4 Å². The van der Waals surface area contributed by atoms with E-state index in [0.717, 1.165) is 16.0 Å². The molecule has 0 fully saturated rings. The van der Waals surface area contributed by atoms with Gasteiger partial charge in [-0.3, -0.25) is 9.59 Å². The van der Waals surface area contributed by atoms with Gasteiger partial charge in [0.15, 0.2) is 0 Å². The number of nitrogens with one attached hydrogen (secondary N) is 1. The van der Waals surface area contributed by atoms with Crippen molar-refractivity contribution in [2.45, 2.75) is 6.54 Å². The number of halogens is 1. The highest BCUT2D eigenvalue weighted by atomic mass is 35.5. The van der Waals surface area contributed by atoms with Gasteiger partial charge in [0.2, 0.25) is 5.91 Å². The second-order valence-corrected chi connectivity index (χ2v) is 5.94. The summed E-state index contributed by atoms with van der Waals surface area (Å²) in [4.78, 5) is 24.2. The van der Waals surface area contributed by atoms with Crippen molar-refractivity contribution in [3.05, 3.63) is 76.0 Å². The summed E-state index contributed by atoms with van der Waals surface area (Å²) in [7, 11) is 1.59. The first-order chi connectivity index (χ1) is 12.5. The zero-order valence-corrected chi connectivity index (χ0v) is 14.7. The summed E-state index contributed by atoms with van der Waals surface area (Å²) in [5.41, 5.74) is 1.60. The lowest BCUT2D eigenvalue weighted by atomic mass is 10.1. The monoisotopic (exact) mass is 369 g/mol. The van der Waals surface area contributed by atoms with Gasteiger partial charge in [-0.15, -0.1) is 0 Å². The maximum absolute atomic E-state index is 12.2. The van der Waals surface area contributed by atoms with E-state index in [0.29, 0.717) is 16.4 Å². The molecule has 3 rings (SSSR count). The SMILES string of the molecule is COc1ccc(-c2ccc(=O)n(CC(=O)Nc3cccc(Cl)c3)n2)cc1.